The van der Waals surface area contributed by atoms with E-state index in [1.165, 1.54) is 0 Å². The molecule has 1 heterocycles. The third kappa shape index (κ3) is 5.28. The average molecular weight is 410 g/mol. The van der Waals surface area contributed by atoms with Crippen LogP contribution >= 0.6 is 0 Å². The number of fused-ring (bicyclic) bond motifs is 1. The number of carbonyl (C=O) groups is 1. The highest BCUT2D eigenvalue weighted by atomic mass is 16.5. The van der Waals surface area contributed by atoms with Crippen molar-refractivity contribution in [3.8, 4) is 11.5 Å². The second-order valence-electron chi connectivity index (χ2n) is 6.87. The molecule has 0 N–H and O–H groups in total. The van der Waals surface area contributed by atoms with Crippen LogP contribution < -0.4 is 14.6 Å². The first-order valence-corrected chi connectivity index (χ1v) is 9.85. The van der Waals surface area contributed by atoms with Gasteiger partial charge in [0.2, 0.25) is 0 Å². The van der Waals surface area contributed by atoms with Crippen LogP contribution in [0.2, 0.25) is 0 Å². The molecule has 31 heavy (non-hydrogen) atoms. The molecule has 0 saturated heterocycles. The zero-order valence-electron chi connectivity index (χ0n) is 16.7. The molecule has 5 heteroatoms. The number of ether oxygens (including phenoxy) is 2. The molecule has 1 aromatic heterocycles. The van der Waals surface area contributed by atoms with Crippen LogP contribution in [0.15, 0.2) is 84.9 Å². The van der Waals surface area contributed by atoms with Crippen LogP contribution in [0.4, 0.5) is 0 Å². The standard InChI is InChI=1S/C26H21NO4/c28-25(29)18-31-23-11-5-4-9-20(23)13-15-22-16-14-21-10-6-12-24(26(21)27-22)30-17-19-7-2-1-3-8-19/h1-16H,17-18H2,(H,28,29)/p-1/b15-13+. The molecule has 3 aromatic carbocycles. The average Bonchev–Trinajstić information content (AvgIpc) is 2.81. The zero-order chi connectivity index (χ0) is 21.5. The maximum atomic E-state index is 10.7. The third-order valence-corrected chi connectivity index (χ3v) is 4.64. The van der Waals surface area contributed by atoms with Crippen LogP contribution in [0.5, 0.6) is 11.5 Å². The van der Waals surface area contributed by atoms with E-state index in [9.17, 15) is 9.90 Å². The van der Waals surface area contributed by atoms with Gasteiger partial charge in [0.25, 0.3) is 0 Å². The number of aliphatic carboxylic acids is 1. The van der Waals surface area contributed by atoms with E-state index in [-0.39, 0.29) is 0 Å². The first kappa shape index (κ1) is 20.2. The largest absolute Gasteiger partial charge is 0.546 e. The van der Waals surface area contributed by atoms with E-state index in [2.05, 4.69) is 0 Å². The molecule has 0 atom stereocenters. The topological polar surface area (TPSA) is 71.5 Å². The number of pyridine rings is 1. The van der Waals surface area contributed by atoms with Crippen molar-refractivity contribution >= 4 is 29.0 Å². The lowest BCUT2D eigenvalue weighted by atomic mass is 10.1. The highest BCUT2D eigenvalue weighted by molar-refractivity contribution is 5.86. The Bertz CT molecular complexity index is 1220. The van der Waals surface area contributed by atoms with E-state index in [1.54, 1.807) is 12.1 Å². The van der Waals surface area contributed by atoms with Crippen molar-refractivity contribution in [2.75, 3.05) is 6.61 Å². The molecule has 4 rings (SSSR count). The summed E-state index contributed by atoms with van der Waals surface area (Å²) >= 11 is 0. The molecule has 0 fully saturated rings. The molecule has 0 aliphatic carbocycles. The predicted molar refractivity (Wildman–Crippen MR) is 118 cm³/mol. The van der Waals surface area contributed by atoms with Gasteiger partial charge in [-0.15, -0.1) is 0 Å². The number of nitrogens with zero attached hydrogens (tertiary/aromatic N) is 1. The maximum Gasteiger partial charge on any atom is 0.146 e. The maximum absolute atomic E-state index is 10.7. The third-order valence-electron chi connectivity index (χ3n) is 4.64. The van der Waals surface area contributed by atoms with Gasteiger partial charge in [-0.25, -0.2) is 4.98 Å². The summed E-state index contributed by atoms with van der Waals surface area (Å²) in [6.45, 7) is -0.0357. The van der Waals surface area contributed by atoms with E-state index < -0.39 is 12.6 Å². The summed E-state index contributed by atoms with van der Waals surface area (Å²) in [7, 11) is 0. The molecule has 0 aliphatic heterocycles. The predicted octanol–water partition coefficient (Wildman–Crippen LogP) is 4.11. The smallest absolute Gasteiger partial charge is 0.146 e. The summed E-state index contributed by atoms with van der Waals surface area (Å²) in [5.74, 6) is -0.0806. The Morgan fingerprint density at radius 1 is 0.806 bits per heavy atom. The fraction of sp³-hybridized carbons (Fsp3) is 0.0769. The van der Waals surface area contributed by atoms with Crippen LogP contribution in [0.25, 0.3) is 23.1 Å². The number of hydrogen-bond donors (Lipinski definition) is 0. The van der Waals surface area contributed by atoms with E-state index in [0.29, 0.717) is 18.1 Å². The summed E-state index contributed by atoms with van der Waals surface area (Å²) in [5.41, 5.74) is 3.36. The molecule has 5 nitrogen and oxygen atoms in total. The van der Waals surface area contributed by atoms with Gasteiger partial charge in [-0.05, 0) is 35.9 Å². The van der Waals surface area contributed by atoms with Crippen molar-refractivity contribution in [1.29, 1.82) is 0 Å². The Morgan fingerprint density at radius 3 is 2.42 bits per heavy atom. The molecule has 0 saturated carbocycles. The molecular weight excluding hydrogens is 390 g/mol. The highest BCUT2D eigenvalue weighted by Gasteiger charge is 2.06. The number of rotatable bonds is 8. The van der Waals surface area contributed by atoms with Gasteiger partial charge in [-0.2, -0.15) is 0 Å². The zero-order valence-corrected chi connectivity index (χ0v) is 16.7. The fourth-order valence-electron chi connectivity index (χ4n) is 3.14. The minimum atomic E-state index is -1.27. The quantitative estimate of drug-likeness (QED) is 0.437. The van der Waals surface area contributed by atoms with Crippen LogP contribution in [-0.4, -0.2) is 17.6 Å². The van der Waals surface area contributed by atoms with Crippen LogP contribution in [0.1, 0.15) is 16.8 Å². The number of hydrogen-bond acceptors (Lipinski definition) is 5. The van der Waals surface area contributed by atoms with Crippen LogP contribution in [0.3, 0.4) is 0 Å². The Labute approximate surface area is 180 Å². The van der Waals surface area contributed by atoms with Gasteiger partial charge in [0.1, 0.15) is 30.2 Å². The van der Waals surface area contributed by atoms with Crippen molar-refractivity contribution in [2.45, 2.75) is 6.61 Å². The van der Waals surface area contributed by atoms with Crippen molar-refractivity contribution < 1.29 is 19.4 Å². The molecule has 4 aromatic rings. The Morgan fingerprint density at radius 2 is 1.58 bits per heavy atom. The molecular formula is C26H20NO4-. The van der Waals surface area contributed by atoms with Gasteiger partial charge in [0.15, 0.2) is 0 Å². The SMILES string of the molecule is O=C([O-])COc1ccccc1/C=C/c1ccc2cccc(OCc3ccccc3)c2n1. The molecule has 154 valence electrons. The number of carboxylic acids is 1. The van der Waals surface area contributed by atoms with E-state index in [0.717, 1.165) is 27.7 Å². The second-order valence-corrected chi connectivity index (χ2v) is 6.87. The number of aromatic nitrogens is 1. The Kier molecular flexibility index (Phi) is 6.24. The summed E-state index contributed by atoms with van der Waals surface area (Å²) < 4.78 is 11.3. The first-order valence-electron chi connectivity index (χ1n) is 9.85. The lowest BCUT2D eigenvalue weighted by Gasteiger charge is -2.10. The lowest BCUT2D eigenvalue weighted by Crippen LogP contribution is -2.29. The molecule has 0 unspecified atom stereocenters. The Balaban J connectivity index is 1.57. The normalized spacial score (nSPS) is 11.0. The monoisotopic (exact) mass is 410 g/mol. The van der Waals surface area contributed by atoms with Crippen LogP contribution in [-0.2, 0) is 11.4 Å². The van der Waals surface area contributed by atoms with E-state index in [4.69, 9.17) is 14.5 Å². The van der Waals surface area contributed by atoms with Crippen molar-refractivity contribution in [2.24, 2.45) is 0 Å². The molecule has 0 aliphatic rings. The van der Waals surface area contributed by atoms with Gasteiger partial charge in [-0.3, -0.25) is 0 Å². The molecule has 0 spiro atoms. The summed E-state index contributed by atoms with van der Waals surface area (Å²) in [5, 5.41) is 11.7. The lowest BCUT2D eigenvalue weighted by molar-refractivity contribution is -0.307. The van der Waals surface area contributed by atoms with Gasteiger partial charge in [0, 0.05) is 10.9 Å². The van der Waals surface area contributed by atoms with Crippen LogP contribution in [0, 0.1) is 0 Å². The summed E-state index contributed by atoms with van der Waals surface area (Å²) in [6.07, 6.45) is 3.70. The number of carboxylic acid groups (broad SMARTS) is 1. The number of benzene rings is 3. The number of carbonyl (C=O) groups excluding carboxylic acids is 1. The molecule has 0 radical (unpaired) electrons. The van der Waals surface area contributed by atoms with Gasteiger partial charge in [-0.1, -0.05) is 66.7 Å². The van der Waals surface area contributed by atoms with Gasteiger partial charge in [0.05, 0.1) is 11.7 Å². The summed E-state index contributed by atoms with van der Waals surface area (Å²) in [6, 6.07) is 27.0. The second kappa shape index (κ2) is 9.59. The molecule has 0 amide bonds. The van der Waals surface area contributed by atoms with Gasteiger partial charge >= 0.3 is 0 Å². The van der Waals surface area contributed by atoms with Crippen molar-refractivity contribution in [3.05, 3.63) is 102 Å². The van der Waals surface area contributed by atoms with Gasteiger partial charge < -0.3 is 19.4 Å². The minimum absolute atomic E-state index is 0.463. The van der Waals surface area contributed by atoms with Crippen molar-refractivity contribution in [1.82, 2.24) is 4.98 Å². The summed E-state index contributed by atoms with van der Waals surface area (Å²) in [4.78, 5) is 15.4. The highest BCUT2D eigenvalue weighted by Crippen LogP contribution is 2.26. The first-order chi connectivity index (χ1) is 15.2. The van der Waals surface area contributed by atoms with E-state index >= 15 is 0 Å². The fourth-order valence-corrected chi connectivity index (χ4v) is 3.14. The molecule has 0 bridgehead atoms. The minimum Gasteiger partial charge on any atom is -0.546 e. The Hall–Kier alpha value is -4.12. The van der Waals surface area contributed by atoms with Crippen molar-refractivity contribution in [3.63, 3.8) is 0 Å². The number of para-hydroxylation sites is 2. The van der Waals surface area contributed by atoms with E-state index in [1.807, 2.05) is 84.9 Å².